The fourth-order valence-electron chi connectivity index (χ4n) is 1.57. The molecule has 19 heavy (non-hydrogen) atoms. The number of benzene rings is 1. The Hall–Kier alpha value is -1.59. The summed E-state index contributed by atoms with van der Waals surface area (Å²) in [6.45, 7) is 3.64. The molecule has 0 unspecified atom stereocenters. The van der Waals surface area contributed by atoms with Crippen molar-refractivity contribution in [3.8, 4) is 0 Å². The van der Waals surface area contributed by atoms with E-state index in [0.29, 0.717) is 12.8 Å². The van der Waals surface area contributed by atoms with Crippen LogP contribution >= 0.6 is 11.6 Å². The van der Waals surface area contributed by atoms with Gasteiger partial charge < -0.3 is 16.2 Å². The topological polar surface area (TPSA) is 92.4 Å². The summed E-state index contributed by atoms with van der Waals surface area (Å²) in [7, 11) is 0. The van der Waals surface area contributed by atoms with Gasteiger partial charge in [-0.3, -0.25) is 4.79 Å². The van der Waals surface area contributed by atoms with Crippen LogP contribution < -0.4 is 11.1 Å². The summed E-state index contributed by atoms with van der Waals surface area (Å²) >= 11 is 5.93. The Labute approximate surface area is 116 Å². The molecule has 0 aliphatic rings. The smallest absolute Gasteiger partial charge is 0.335 e. The lowest BCUT2D eigenvalue weighted by atomic mass is 9.93. The molecule has 0 atom stereocenters. The average molecular weight is 285 g/mol. The predicted molar refractivity (Wildman–Crippen MR) is 74.5 cm³/mol. The fraction of sp³-hybridized carbons (Fsp3) is 0.385. The molecule has 0 radical (unpaired) electrons. The van der Waals surface area contributed by atoms with E-state index in [-0.39, 0.29) is 22.2 Å². The number of amides is 1. The molecular formula is C13H17ClN2O3. The second kappa shape index (κ2) is 6.04. The van der Waals surface area contributed by atoms with E-state index in [4.69, 9.17) is 22.4 Å². The van der Waals surface area contributed by atoms with Crippen molar-refractivity contribution in [2.45, 2.75) is 32.2 Å². The highest BCUT2D eigenvalue weighted by Crippen LogP contribution is 2.25. The number of aromatic carboxylic acids is 1. The van der Waals surface area contributed by atoms with Crippen LogP contribution in [0.25, 0.3) is 0 Å². The highest BCUT2D eigenvalue weighted by atomic mass is 35.5. The third-order valence-corrected chi connectivity index (χ3v) is 3.51. The van der Waals surface area contributed by atoms with Gasteiger partial charge in [0.2, 0.25) is 5.91 Å². The number of carbonyl (C=O) groups excluding carboxylic acids is 1. The van der Waals surface area contributed by atoms with E-state index in [2.05, 4.69) is 5.32 Å². The minimum Gasteiger partial charge on any atom is -0.478 e. The van der Waals surface area contributed by atoms with Gasteiger partial charge in [-0.1, -0.05) is 25.4 Å². The first-order chi connectivity index (χ1) is 8.84. The Morgan fingerprint density at radius 3 is 2.42 bits per heavy atom. The van der Waals surface area contributed by atoms with Crippen LogP contribution in [0.5, 0.6) is 0 Å². The Bertz CT molecular complexity index is 499. The van der Waals surface area contributed by atoms with Crippen LogP contribution in [-0.2, 0) is 4.79 Å². The van der Waals surface area contributed by atoms with E-state index in [1.165, 1.54) is 18.2 Å². The maximum absolute atomic E-state index is 12.1. The second-order valence-corrected chi connectivity index (χ2v) is 4.72. The molecule has 1 aromatic rings. The van der Waals surface area contributed by atoms with Gasteiger partial charge in [0.25, 0.3) is 0 Å². The molecule has 5 nitrogen and oxygen atoms in total. The highest BCUT2D eigenvalue weighted by molar-refractivity contribution is 6.34. The van der Waals surface area contributed by atoms with E-state index in [1.54, 1.807) is 0 Å². The molecule has 0 heterocycles. The lowest BCUT2D eigenvalue weighted by molar-refractivity contribution is -0.121. The Morgan fingerprint density at radius 2 is 1.95 bits per heavy atom. The van der Waals surface area contributed by atoms with Gasteiger partial charge in [0.05, 0.1) is 21.8 Å². The summed E-state index contributed by atoms with van der Waals surface area (Å²) in [6.07, 6.45) is 0.956. The lowest BCUT2D eigenvalue weighted by Crippen LogP contribution is -2.50. The molecule has 0 aliphatic heterocycles. The third-order valence-electron chi connectivity index (χ3n) is 3.18. The summed E-state index contributed by atoms with van der Waals surface area (Å²) in [5.74, 6) is -1.46. The van der Waals surface area contributed by atoms with Gasteiger partial charge in [0.1, 0.15) is 0 Å². The zero-order valence-corrected chi connectivity index (χ0v) is 11.6. The maximum Gasteiger partial charge on any atom is 0.335 e. The van der Waals surface area contributed by atoms with Crippen molar-refractivity contribution in [3.05, 3.63) is 28.8 Å². The number of hydrogen-bond acceptors (Lipinski definition) is 3. The minimum absolute atomic E-state index is 0.0512. The van der Waals surface area contributed by atoms with Gasteiger partial charge in [0, 0.05) is 0 Å². The molecule has 0 bridgehead atoms. The van der Waals surface area contributed by atoms with Crippen LogP contribution in [0, 0.1) is 0 Å². The largest absolute Gasteiger partial charge is 0.478 e. The second-order valence-electron chi connectivity index (χ2n) is 4.32. The number of nitrogens with two attached hydrogens (primary N) is 1. The molecule has 0 aromatic heterocycles. The number of anilines is 1. The zero-order chi connectivity index (χ0) is 14.6. The SMILES string of the molecule is CCC(N)(CC)C(=O)Nc1cc(C(=O)O)ccc1Cl. The molecular weight excluding hydrogens is 268 g/mol. The summed E-state index contributed by atoms with van der Waals surface area (Å²) in [4.78, 5) is 23.0. The van der Waals surface area contributed by atoms with Crippen molar-refractivity contribution < 1.29 is 14.7 Å². The van der Waals surface area contributed by atoms with Gasteiger partial charge in [0.15, 0.2) is 0 Å². The van der Waals surface area contributed by atoms with Gasteiger partial charge in [-0.25, -0.2) is 4.79 Å². The molecule has 0 saturated heterocycles. The molecule has 0 saturated carbocycles. The number of carboxylic acid groups (broad SMARTS) is 1. The van der Waals surface area contributed by atoms with Crippen molar-refractivity contribution >= 4 is 29.2 Å². The van der Waals surface area contributed by atoms with E-state index in [1.807, 2.05) is 13.8 Å². The fourth-order valence-corrected chi connectivity index (χ4v) is 1.74. The summed E-state index contributed by atoms with van der Waals surface area (Å²) in [5.41, 5.74) is 5.29. The van der Waals surface area contributed by atoms with Crippen LogP contribution in [0.1, 0.15) is 37.0 Å². The van der Waals surface area contributed by atoms with Crippen LogP contribution in [0.3, 0.4) is 0 Å². The molecule has 104 valence electrons. The summed E-state index contributed by atoms with van der Waals surface area (Å²) < 4.78 is 0. The first-order valence-electron chi connectivity index (χ1n) is 5.97. The van der Waals surface area contributed by atoms with Gasteiger partial charge in [-0.15, -0.1) is 0 Å². The first kappa shape index (κ1) is 15.5. The molecule has 0 aliphatic carbocycles. The quantitative estimate of drug-likeness (QED) is 0.774. The van der Waals surface area contributed by atoms with E-state index in [9.17, 15) is 9.59 Å². The minimum atomic E-state index is -1.09. The van der Waals surface area contributed by atoms with E-state index in [0.717, 1.165) is 0 Å². The monoisotopic (exact) mass is 284 g/mol. The van der Waals surface area contributed by atoms with Crippen LogP contribution in [0.2, 0.25) is 5.02 Å². The van der Waals surface area contributed by atoms with Gasteiger partial charge in [-0.05, 0) is 31.0 Å². The number of hydrogen-bond donors (Lipinski definition) is 3. The number of carboxylic acids is 1. The average Bonchev–Trinajstić information content (AvgIpc) is 2.39. The molecule has 4 N–H and O–H groups in total. The third kappa shape index (κ3) is 3.45. The molecule has 0 spiro atoms. The van der Waals surface area contributed by atoms with Crippen molar-refractivity contribution in [2.75, 3.05) is 5.32 Å². The predicted octanol–water partition coefficient (Wildman–Crippen LogP) is 2.49. The van der Waals surface area contributed by atoms with Crippen molar-refractivity contribution in [3.63, 3.8) is 0 Å². The zero-order valence-electron chi connectivity index (χ0n) is 10.9. The normalized spacial score (nSPS) is 11.2. The number of rotatable bonds is 5. The number of nitrogens with one attached hydrogen (secondary N) is 1. The van der Waals surface area contributed by atoms with Crippen molar-refractivity contribution in [1.29, 1.82) is 0 Å². The van der Waals surface area contributed by atoms with Crippen LogP contribution in [0.15, 0.2) is 18.2 Å². The van der Waals surface area contributed by atoms with Crippen molar-refractivity contribution in [1.82, 2.24) is 0 Å². The summed E-state index contributed by atoms with van der Waals surface area (Å²) in [5, 5.41) is 11.8. The Balaban J connectivity index is 3.02. The molecule has 1 rings (SSSR count). The highest BCUT2D eigenvalue weighted by Gasteiger charge is 2.30. The van der Waals surface area contributed by atoms with E-state index >= 15 is 0 Å². The van der Waals surface area contributed by atoms with E-state index < -0.39 is 11.5 Å². The van der Waals surface area contributed by atoms with Crippen LogP contribution in [0.4, 0.5) is 5.69 Å². The molecule has 0 fully saturated rings. The molecule has 6 heteroatoms. The molecule has 1 aromatic carbocycles. The first-order valence-corrected chi connectivity index (χ1v) is 6.35. The van der Waals surface area contributed by atoms with Crippen LogP contribution in [-0.4, -0.2) is 22.5 Å². The lowest BCUT2D eigenvalue weighted by Gasteiger charge is -2.25. The standard InChI is InChI=1S/C13H17ClN2O3/c1-3-13(15,4-2)12(19)16-10-7-8(11(17)18)5-6-9(10)14/h5-7H,3-4,15H2,1-2H3,(H,16,19)(H,17,18). The molecule has 1 amide bonds. The summed E-state index contributed by atoms with van der Waals surface area (Å²) in [6, 6.07) is 4.11. The number of halogens is 1. The Morgan fingerprint density at radius 1 is 1.37 bits per heavy atom. The Kier molecular flexibility index (Phi) is 4.91. The maximum atomic E-state index is 12.1. The van der Waals surface area contributed by atoms with Gasteiger partial charge in [-0.2, -0.15) is 0 Å². The van der Waals surface area contributed by atoms with Gasteiger partial charge >= 0.3 is 5.97 Å². The van der Waals surface area contributed by atoms with Crippen molar-refractivity contribution in [2.24, 2.45) is 5.73 Å². The number of carbonyl (C=O) groups is 2.